The van der Waals surface area contributed by atoms with E-state index in [1.54, 1.807) is 31.4 Å². The molecule has 1 atom stereocenters. The molecular formula is C11H16N2O3. The SMILES string of the molecule is COc1ccc(C(=O)NC[C@@H](N)CO)cc1. The molecular weight excluding hydrogens is 208 g/mol. The molecule has 0 fully saturated rings. The number of hydrogen-bond donors (Lipinski definition) is 3. The van der Waals surface area contributed by atoms with Crippen molar-refractivity contribution >= 4 is 5.91 Å². The standard InChI is InChI=1S/C11H16N2O3/c1-16-10-4-2-8(3-5-10)11(15)13-6-9(12)7-14/h2-5,9,14H,6-7,12H2,1H3,(H,13,15)/t9-/m1/s1. The van der Waals surface area contributed by atoms with Gasteiger partial charge in [0.25, 0.3) is 5.91 Å². The van der Waals surface area contributed by atoms with E-state index in [0.717, 1.165) is 0 Å². The van der Waals surface area contributed by atoms with Crippen LogP contribution in [-0.2, 0) is 0 Å². The van der Waals surface area contributed by atoms with Gasteiger partial charge in [0, 0.05) is 18.2 Å². The van der Waals surface area contributed by atoms with Gasteiger partial charge in [-0.15, -0.1) is 0 Å². The van der Waals surface area contributed by atoms with Crippen molar-refractivity contribution in [2.75, 3.05) is 20.3 Å². The van der Waals surface area contributed by atoms with E-state index in [2.05, 4.69) is 5.32 Å². The number of carbonyl (C=O) groups excluding carboxylic acids is 1. The van der Waals surface area contributed by atoms with Gasteiger partial charge in [0.1, 0.15) is 5.75 Å². The molecule has 5 nitrogen and oxygen atoms in total. The predicted octanol–water partition coefficient (Wildman–Crippen LogP) is -0.255. The Morgan fingerprint density at radius 1 is 1.50 bits per heavy atom. The number of methoxy groups -OCH3 is 1. The van der Waals surface area contributed by atoms with Gasteiger partial charge in [0.05, 0.1) is 13.7 Å². The van der Waals surface area contributed by atoms with Crippen LogP contribution in [0.3, 0.4) is 0 Å². The fourth-order valence-electron chi connectivity index (χ4n) is 1.13. The number of benzene rings is 1. The fraction of sp³-hybridized carbons (Fsp3) is 0.364. The first-order chi connectivity index (χ1) is 7.67. The second-order valence-electron chi connectivity index (χ2n) is 3.38. The highest BCUT2D eigenvalue weighted by atomic mass is 16.5. The summed E-state index contributed by atoms with van der Waals surface area (Å²) in [5.41, 5.74) is 5.99. The van der Waals surface area contributed by atoms with E-state index in [9.17, 15) is 4.79 Å². The molecule has 0 spiro atoms. The molecule has 1 amide bonds. The lowest BCUT2D eigenvalue weighted by Crippen LogP contribution is -2.39. The smallest absolute Gasteiger partial charge is 0.251 e. The van der Waals surface area contributed by atoms with Crippen molar-refractivity contribution in [2.24, 2.45) is 5.73 Å². The summed E-state index contributed by atoms with van der Waals surface area (Å²) in [5, 5.41) is 11.3. The first-order valence-corrected chi connectivity index (χ1v) is 4.96. The van der Waals surface area contributed by atoms with E-state index in [0.29, 0.717) is 11.3 Å². The number of nitrogens with two attached hydrogens (primary N) is 1. The van der Waals surface area contributed by atoms with Gasteiger partial charge in [-0.05, 0) is 24.3 Å². The van der Waals surface area contributed by atoms with Crippen LogP contribution in [0, 0.1) is 0 Å². The average Bonchev–Trinajstić information content (AvgIpc) is 2.35. The number of hydrogen-bond acceptors (Lipinski definition) is 4. The summed E-state index contributed by atoms with van der Waals surface area (Å²) in [4.78, 5) is 11.6. The molecule has 0 aromatic heterocycles. The molecule has 0 aliphatic carbocycles. The third kappa shape index (κ3) is 3.52. The van der Waals surface area contributed by atoms with E-state index < -0.39 is 6.04 Å². The zero-order valence-electron chi connectivity index (χ0n) is 9.14. The van der Waals surface area contributed by atoms with Crippen LogP contribution in [0.2, 0.25) is 0 Å². The normalized spacial score (nSPS) is 11.9. The molecule has 1 aromatic carbocycles. The van der Waals surface area contributed by atoms with E-state index in [1.165, 1.54) is 0 Å². The van der Waals surface area contributed by atoms with Gasteiger partial charge in [0.2, 0.25) is 0 Å². The Bertz CT molecular complexity index is 338. The minimum atomic E-state index is -0.429. The lowest BCUT2D eigenvalue weighted by Gasteiger charge is -2.09. The average molecular weight is 224 g/mol. The maximum Gasteiger partial charge on any atom is 0.251 e. The molecule has 0 aliphatic heterocycles. The van der Waals surface area contributed by atoms with Gasteiger partial charge in [-0.3, -0.25) is 4.79 Å². The molecule has 0 unspecified atom stereocenters. The number of amides is 1. The maximum absolute atomic E-state index is 11.6. The second kappa shape index (κ2) is 6.09. The quantitative estimate of drug-likeness (QED) is 0.643. The van der Waals surface area contributed by atoms with Crippen molar-refractivity contribution in [3.05, 3.63) is 29.8 Å². The van der Waals surface area contributed by atoms with Gasteiger partial charge in [-0.2, -0.15) is 0 Å². The van der Waals surface area contributed by atoms with Crippen LogP contribution < -0.4 is 15.8 Å². The van der Waals surface area contributed by atoms with Gasteiger partial charge < -0.3 is 20.9 Å². The summed E-state index contributed by atoms with van der Waals surface area (Å²) < 4.78 is 4.98. The van der Waals surface area contributed by atoms with E-state index in [1.807, 2.05) is 0 Å². The topological polar surface area (TPSA) is 84.6 Å². The van der Waals surface area contributed by atoms with Crippen LogP contribution >= 0.6 is 0 Å². The van der Waals surface area contributed by atoms with Crippen LogP contribution in [0.4, 0.5) is 0 Å². The van der Waals surface area contributed by atoms with Gasteiger partial charge in [0.15, 0.2) is 0 Å². The Morgan fingerprint density at radius 3 is 2.62 bits per heavy atom. The highest BCUT2D eigenvalue weighted by Crippen LogP contribution is 2.10. The molecule has 0 heterocycles. The van der Waals surface area contributed by atoms with E-state index >= 15 is 0 Å². The lowest BCUT2D eigenvalue weighted by atomic mass is 10.2. The van der Waals surface area contributed by atoms with Crippen LogP contribution in [0.5, 0.6) is 5.75 Å². The second-order valence-corrected chi connectivity index (χ2v) is 3.38. The van der Waals surface area contributed by atoms with Crippen molar-refractivity contribution in [1.29, 1.82) is 0 Å². The monoisotopic (exact) mass is 224 g/mol. The first-order valence-electron chi connectivity index (χ1n) is 4.96. The zero-order chi connectivity index (χ0) is 12.0. The van der Waals surface area contributed by atoms with Crippen molar-refractivity contribution in [1.82, 2.24) is 5.32 Å². The number of carbonyl (C=O) groups is 1. The Kier molecular flexibility index (Phi) is 4.75. The van der Waals surface area contributed by atoms with Crippen LogP contribution in [0.25, 0.3) is 0 Å². The number of aliphatic hydroxyl groups excluding tert-OH is 1. The molecule has 0 aliphatic rings. The number of aliphatic hydroxyl groups is 1. The van der Waals surface area contributed by atoms with Crippen molar-refractivity contribution in [3.8, 4) is 5.75 Å². The van der Waals surface area contributed by atoms with Crippen LogP contribution in [-0.4, -0.2) is 37.3 Å². The zero-order valence-corrected chi connectivity index (χ0v) is 9.14. The number of nitrogens with one attached hydrogen (secondary N) is 1. The van der Waals surface area contributed by atoms with E-state index in [4.69, 9.17) is 15.6 Å². The predicted molar refractivity (Wildman–Crippen MR) is 60.4 cm³/mol. The third-order valence-corrected chi connectivity index (χ3v) is 2.11. The molecule has 16 heavy (non-hydrogen) atoms. The number of ether oxygens (including phenoxy) is 1. The highest BCUT2D eigenvalue weighted by Gasteiger charge is 2.07. The Balaban J connectivity index is 2.52. The van der Waals surface area contributed by atoms with E-state index in [-0.39, 0.29) is 19.1 Å². The molecule has 1 rings (SSSR count). The fourth-order valence-corrected chi connectivity index (χ4v) is 1.13. The largest absolute Gasteiger partial charge is 0.497 e. The summed E-state index contributed by atoms with van der Waals surface area (Å²) in [5.74, 6) is 0.482. The Labute approximate surface area is 94.2 Å². The first kappa shape index (κ1) is 12.5. The number of rotatable bonds is 5. The molecule has 0 saturated heterocycles. The summed E-state index contributed by atoms with van der Waals surface area (Å²) in [6.45, 7) is 0.101. The van der Waals surface area contributed by atoms with Gasteiger partial charge in [-0.25, -0.2) is 0 Å². The van der Waals surface area contributed by atoms with Gasteiger partial charge >= 0.3 is 0 Å². The molecule has 4 N–H and O–H groups in total. The Hall–Kier alpha value is -1.59. The summed E-state index contributed by atoms with van der Waals surface area (Å²) in [6, 6.07) is 6.32. The minimum Gasteiger partial charge on any atom is -0.497 e. The molecule has 0 bridgehead atoms. The van der Waals surface area contributed by atoms with Crippen molar-refractivity contribution < 1.29 is 14.6 Å². The summed E-state index contributed by atoms with van der Waals surface area (Å²) >= 11 is 0. The van der Waals surface area contributed by atoms with Crippen molar-refractivity contribution in [2.45, 2.75) is 6.04 Å². The highest BCUT2D eigenvalue weighted by molar-refractivity contribution is 5.94. The summed E-state index contributed by atoms with van der Waals surface area (Å²) in [7, 11) is 1.56. The summed E-state index contributed by atoms with van der Waals surface area (Å²) in [6.07, 6.45) is 0. The molecule has 0 radical (unpaired) electrons. The molecule has 1 aromatic rings. The Morgan fingerprint density at radius 2 is 2.12 bits per heavy atom. The minimum absolute atomic E-state index is 0.150. The van der Waals surface area contributed by atoms with Crippen LogP contribution in [0.15, 0.2) is 24.3 Å². The molecule has 88 valence electrons. The van der Waals surface area contributed by atoms with Crippen molar-refractivity contribution in [3.63, 3.8) is 0 Å². The van der Waals surface area contributed by atoms with Gasteiger partial charge in [-0.1, -0.05) is 0 Å². The third-order valence-electron chi connectivity index (χ3n) is 2.11. The lowest BCUT2D eigenvalue weighted by molar-refractivity contribution is 0.0948. The maximum atomic E-state index is 11.6. The molecule has 0 saturated carbocycles. The van der Waals surface area contributed by atoms with Crippen LogP contribution in [0.1, 0.15) is 10.4 Å². The molecule has 5 heteroatoms.